The molecule has 4 rings (SSSR count). The first-order valence-corrected chi connectivity index (χ1v) is 12.0. The Labute approximate surface area is 213 Å². The molecule has 0 spiro atoms. The highest BCUT2D eigenvalue weighted by molar-refractivity contribution is 14.1. The lowest BCUT2D eigenvalue weighted by atomic mass is 9.92. The van der Waals surface area contributed by atoms with Crippen LogP contribution in [0.2, 0.25) is 0 Å². The van der Waals surface area contributed by atoms with E-state index in [2.05, 4.69) is 45.2 Å². The largest absolute Gasteiger partial charge is 0.289 e. The number of hydrogen-bond acceptors (Lipinski definition) is 3. The van der Waals surface area contributed by atoms with Crippen LogP contribution in [0.1, 0.15) is 47.8 Å². The van der Waals surface area contributed by atoms with Crippen molar-refractivity contribution in [1.82, 2.24) is 0 Å². The molecular formula is C27H16I2O3. The number of carbonyl (C=O) groups is 3. The summed E-state index contributed by atoms with van der Waals surface area (Å²) in [6.07, 6.45) is 0. The number of rotatable bonds is 6. The lowest BCUT2D eigenvalue weighted by molar-refractivity contribution is 0.100. The summed E-state index contributed by atoms with van der Waals surface area (Å²) in [7, 11) is 0. The van der Waals surface area contributed by atoms with E-state index in [-0.39, 0.29) is 17.3 Å². The second-order valence-corrected chi connectivity index (χ2v) is 9.39. The van der Waals surface area contributed by atoms with E-state index in [1.165, 1.54) is 0 Å². The Morgan fingerprint density at radius 3 is 1.16 bits per heavy atom. The third-order valence-corrected chi connectivity index (χ3v) is 6.94. The van der Waals surface area contributed by atoms with Gasteiger partial charge in [-0.2, -0.15) is 0 Å². The van der Waals surface area contributed by atoms with Crippen molar-refractivity contribution in [2.24, 2.45) is 0 Å². The monoisotopic (exact) mass is 642 g/mol. The standard InChI is InChI=1S/C27H16I2O3/c28-23-11-5-3-9-21(23)26(31)18-15-13-17(14-16-18)25(30)19-7-1-2-8-20(19)27(32)22-10-4-6-12-24(22)29/h1-16H. The number of ketones is 3. The molecule has 0 saturated heterocycles. The Hall–Kier alpha value is -2.65. The van der Waals surface area contributed by atoms with Crippen LogP contribution < -0.4 is 0 Å². The fourth-order valence-corrected chi connectivity index (χ4v) is 4.66. The predicted molar refractivity (Wildman–Crippen MR) is 141 cm³/mol. The van der Waals surface area contributed by atoms with Crippen LogP contribution in [-0.2, 0) is 0 Å². The van der Waals surface area contributed by atoms with Gasteiger partial charge in [0.15, 0.2) is 17.3 Å². The van der Waals surface area contributed by atoms with E-state index in [4.69, 9.17) is 0 Å². The maximum absolute atomic E-state index is 13.3. The smallest absolute Gasteiger partial charge is 0.194 e. The third kappa shape index (κ3) is 4.59. The first kappa shape index (κ1) is 22.5. The van der Waals surface area contributed by atoms with Crippen molar-refractivity contribution < 1.29 is 14.4 Å². The summed E-state index contributed by atoms with van der Waals surface area (Å²) >= 11 is 4.26. The van der Waals surface area contributed by atoms with Gasteiger partial charge in [0.25, 0.3) is 0 Å². The average Bonchev–Trinajstić information content (AvgIpc) is 2.83. The zero-order valence-electron chi connectivity index (χ0n) is 16.7. The molecule has 3 nitrogen and oxygen atoms in total. The van der Waals surface area contributed by atoms with Gasteiger partial charge in [-0.3, -0.25) is 14.4 Å². The molecule has 32 heavy (non-hydrogen) atoms. The minimum Gasteiger partial charge on any atom is -0.289 e. The van der Waals surface area contributed by atoms with Crippen LogP contribution in [0, 0.1) is 7.14 Å². The molecule has 0 radical (unpaired) electrons. The SMILES string of the molecule is O=C(c1ccc(C(=O)c2ccccc2C(=O)c2ccccc2I)cc1)c1ccccc1I. The van der Waals surface area contributed by atoms with Gasteiger partial charge in [-0.1, -0.05) is 72.8 Å². The molecule has 0 aliphatic heterocycles. The molecule has 4 aromatic carbocycles. The molecule has 0 aromatic heterocycles. The maximum atomic E-state index is 13.3. The van der Waals surface area contributed by atoms with Crippen LogP contribution in [0.15, 0.2) is 97.1 Å². The minimum absolute atomic E-state index is 0.0942. The van der Waals surface area contributed by atoms with Crippen molar-refractivity contribution in [3.05, 3.63) is 138 Å². The predicted octanol–water partition coefficient (Wildman–Crippen LogP) is 6.59. The van der Waals surface area contributed by atoms with E-state index in [0.29, 0.717) is 33.4 Å². The molecule has 0 heterocycles. The lowest BCUT2D eigenvalue weighted by Gasteiger charge is -2.10. The molecule has 156 valence electrons. The third-order valence-electron chi connectivity index (χ3n) is 5.06. The van der Waals surface area contributed by atoms with Gasteiger partial charge in [0.1, 0.15) is 0 Å². The fourth-order valence-electron chi connectivity index (χ4n) is 3.40. The molecule has 0 aliphatic carbocycles. The highest BCUT2D eigenvalue weighted by Gasteiger charge is 2.21. The van der Waals surface area contributed by atoms with E-state index >= 15 is 0 Å². The Morgan fingerprint density at radius 2 is 0.719 bits per heavy atom. The Bertz CT molecular complexity index is 1340. The van der Waals surface area contributed by atoms with Crippen LogP contribution in [0.3, 0.4) is 0 Å². The molecule has 0 aliphatic rings. The van der Waals surface area contributed by atoms with Crippen molar-refractivity contribution in [1.29, 1.82) is 0 Å². The van der Waals surface area contributed by atoms with E-state index in [1.54, 1.807) is 60.7 Å². The van der Waals surface area contributed by atoms with E-state index in [1.807, 2.05) is 36.4 Å². The normalized spacial score (nSPS) is 10.6. The van der Waals surface area contributed by atoms with Crippen molar-refractivity contribution in [2.45, 2.75) is 0 Å². The van der Waals surface area contributed by atoms with Crippen molar-refractivity contribution >= 4 is 62.5 Å². The zero-order chi connectivity index (χ0) is 22.7. The second kappa shape index (κ2) is 9.87. The van der Waals surface area contributed by atoms with Crippen LogP contribution in [0.25, 0.3) is 0 Å². The molecule has 0 amide bonds. The minimum atomic E-state index is -0.256. The van der Waals surface area contributed by atoms with Gasteiger partial charge in [-0.05, 0) is 69.4 Å². The van der Waals surface area contributed by atoms with Crippen LogP contribution in [0.4, 0.5) is 0 Å². The fraction of sp³-hybridized carbons (Fsp3) is 0. The zero-order valence-corrected chi connectivity index (χ0v) is 21.0. The van der Waals surface area contributed by atoms with E-state index in [0.717, 1.165) is 7.14 Å². The van der Waals surface area contributed by atoms with Gasteiger partial charge in [-0.15, -0.1) is 0 Å². The average molecular weight is 642 g/mol. The second-order valence-electron chi connectivity index (χ2n) is 7.07. The summed E-state index contributed by atoms with van der Waals surface area (Å²) in [4.78, 5) is 39.2. The quantitative estimate of drug-likeness (QED) is 0.176. The van der Waals surface area contributed by atoms with E-state index < -0.39 is 0 Å². The lowest BCUT2D eigenvalue weighted by Crippen LogP contribution is -2.12. The number of hydrogen-bond donors (Lipinski definition) is 0. The van der Waals surface area contributed by atoms with Gasteiger partial charge in [0.2, 0.25) is 0 Å². The van der Waals surface area contributed by atoms with Gasteiger partial charge in [0.05, 0.1) is 0 Å². The first-order chi connectivity index (χ1) is 15.5. The molecule has 0 unspecified atom stereocenters. The topological polar surface area (TPSA) is 51.2 Å². The van der Waals surface area contributed by atoms with E-state index in [9.17, 15) is 14.4 Å². The summed E-state index contributed by atoms with van der Waals surface area (Å²) < 4.78 is 1.70. The summed E-state index contributed by atoms with van der Waals surface area (Å²) in [5.41, 5.74) is 2.82. The van der Waals surface area contributed by atoms with Crippen LogP contribution in [-0.4, -0.2) is 17.3 Å². The molecular weight excluding hydrogens is 626 g/mol. The highest BCUT2D eigenvalue weighted by atomic mass is 127. The van der Waals surface area contributed by atoms with Crippen LogP contribution in [0.5, 0.6) is 0 Å². The van der Waals surface area contributed by atoms with Crippen molar-refractivity contribution in [3.8, 4) is 0 Å². The number of carbonyl (C=O) groups excluding carboxylic acids is 3. The highest BCUT2D eigenvalue weighted by Crippen LogP contribution is 2.22. The maximum Gasteiger partial charge on any atom is 0.194 e. The van der Waals surface area contributed by atoms with Gasteiger partial charge >= 0.3 is 0 Å². The Morgan fingerprint density at radius 1 is 0.406 bits per heavy atom. The molecule has 0 N–H and O–H groups in total. The summed E-state index contributed by atoms with van der Waals surface area (Å²) in [6, 6.07) is 28.1. The molecule has 0 saturated carbocycles. The molecule has 5 heteroatoms. The molecule has 0 bridgehead atoms. The number of halogens is 2. The molecule has 0 atom stereocenters. The molecule has 4 aromatic rings. The number of benzene rings is 4. The van der Waals surface area contributed by atoms with Crippen molar-refractivity contribution in [3.63, 3.8) is 0 Å². The molecule has 0 fully saturated rings. The summed E-state index contributed by atoms with van der Waals surface area (Å²) in [5.74, 6) is -0.541. The first-order valence-electron chi connectivity index (χ1n) is 9.79. The Kier molecular flexibility index (Phi) is 6.95. The van der Waals surface area contributed by atoms with Gasteiger partial charge in [-0.25, -0.2) is 0 Å². The summed E-state index contributed by atoms with van der Waals surface area (Å²) in [6.45, 7) is 0. The van der Waals surface area contributed by atoms with Gasteiger partial charge in [0, 0.05) is 40.5 Å². The van der Waals surface area contributed by atoms with Gasteiger partial charge < -0.3 is 0 Å². The Balaban J connectivity index is 1.65. The van der Waals surface area contributed by atoms with Crippen molar-refractivity contribution in [2.75, 3.05) is 0 Å². The van der Waals surface area contributed by atoms with Crippen LogP contribution >= 0.6 is 45.2 Å². The summed E-state index contributed by atoms with van der Waals surface area (Å²) in [5, 5.41) is 0.